The molecule has 3 rings (SSSR count). The molecular weight excluding hydrogens is 246 g/mol. The number of benzene rings is 1. The molecule has 2 heterocycles. The van der Waals surface area contributed by atoms with E-state index >= 15 is 0 Å². The third-order valence-electron chi connectivity index (χ3n) is 3.23. The molecule has 19 heavy (non-hydrogen) atoms. The number of nitrogens with one attached hydrogen (secondary N) is 3. The van der Waals surface area contributed by atoms with Crippen molar-refractivity contribution < 1.29 is 14.3 Å². The second-order valence-corrected chi connectivity index (χ2v) is 4.36. The highest BCUT2D eigenvalue weighted by Gasteiger charge is 2.21. The summed E-state index contributed by atoms with van der Waals surface area (Å²) in [6.07, 6.45) is 0.268. The predicted octanol–water partition coefficient (Wildman–Crippen LogP) is 1.63. The van der Waals surface area contributed by atoms with Crippen LogP contribution >= 0.6 is 0 Å². The van der Waals surface area contributed by atoms with Crippen LogP contribution in [-0.4, -0.2) is 30.6 Å². The van der Waals surface area contributed by atoms with E-state index in [0.29, 0.717) is 17.9 Å². The molecule has 0 spiro atoms. The molecule has 0 bridgehead atoms. The van der Waals surface area contributed by atoms with Crippen molar-refractivity contribution in [2.45, 2.75) is 6.42 Å². The number of hydrogen-bond acceptors (Lipinski definition) is 3. The second kappa shape index (κ2) is 4.31. The quantitative estimate of drug-likeness (QED) is 0.727. The van der Waals surface area contributed by atoms with Gasteiger partial charge in [0.05, 0.1) is 7.11 Å². The number of aromatic nitrogens is 1. The van der Waals surface area contributed by atoms with Crippen LogP contribution in [0.3, 0.4) is 0 Å². The molecular formula is C13H13N3O3. The van der Waals surface area contributed by atoms with Crippen molar-refractivity contribution in [3.63, 3.8) is 0 Å². The van der Waals surface area contributed by atoms with Gasteiger partial charge in [-0.25, -0.2) is 4.79 Å². The molecule has 1 aromatic carbocycles. The van der Waals surface area contributed by atoms with Gasteiger partial charge in [-0.2, -0.15) is 0 Å². The molecule has 1 aromatic heterocycles. The standard InChI is InChI=1S/C13H13N3O3/c1-19-13(18)15-7-2-3-10-9(6-7)8-4-5-14-12(17)11(8)16-10/h2-3,6,16H,4-5H2,1H3,(H,14,17)(H,15,18). The van der Waals surface area contributed by atoms with E-state index in [1.807, 2.05) is 12.1 Å². The Bertz CT molecular complexity index is 675. The van der Waals surface area contributed by atoms with Crippen LogP contribution in [0.25, 0.3) is 10.9 Å². The first-order chi connectivity index (χ1) is 9.19. The van der Waals surface area contributed by atoms with Gasteiger partial charge >= 0.3 is 6.09 Å². The van der Waals surface area contributed by atoms with Gasteiger partial charge in [0, 0.05) is 23.1 Å². The molecule has 2 amide bonds. The van der Waals surface area contributed by atoms with Crippen LogP contribution in [0.5, 0.6) is 0 Å². The molecule has 3 N–H and O–H groups in total. The Balaban J connectivity index is 2.07. The first-order valence-corrected chi connectivity index (χ1v) is 5.97. The minimum Gasteiger partial charge on any atom is -0.453 e. The number of rotatable bonds is 1. The summed E-state index contributed by atoms with van der Waals surface area (Å²) in [7, 11) is 1.32. The van der Waals surface area contributed by atoms with Gasteiger partial charge in [0.25, 0.3) is 5.91 Å². The van der Waals surface area contributed by atoms with Gasteiger partial charge in [-0.15, -0.1) is 0 Å². The summed E-state index contributed by atoms with van der Waals surface area (Å²) in [5.74, 6) is -0.0834. The first-order valence-electron chi connectivity index (χ1n) is 5.97. The lowest BCUT2D eigenvalue weighted by atomic mass is 10.0. The molecule has 0 saturated heterocycles. The van der Waals surface area contributed by atoms with Gasteiger partial charge in [0.1, 0.15) is 5.69 Å². The highest BCUT2D eigenvalue weighted by Crippen LogP contribution is 2.27. The van der Waals surface area contributed by atoms with Crippen molar-refractivity contribution >= 4 is 28.6 Å². The van der Waals surface area contributed by atoms with Gasteiger partial charge in [-0.05, 0) is 30.2 Å². The van der Waals surface area contributed by atoms with E-state index < -0.39 is 6.09 Å². The number of ether oxygens (including phenoxy) is 1. The fourth-order valence-corrected chi connectivity index (χ4v) is 2.34. The number of aromatic amines is 1. The molecule has 6 heteroatoms. The highest BCUT2D eigenvalue weighted by molar-refractivity contribution is 6.03. The Morgan fingerprint density at radius 1 is 1.42 bits per heavy atom. The van der Waals surface area contributed by atoms with E-state index in [4.69, 9.17) is 0 Å². The third-order valence-corrected chi connectivity index (χ3v) is 3.23. The van der Waals surface area contributed by atoms with Crippen molar-refractivity contribution in [2.75, 3.05) is 19.0 Å². The number of carbonyl (C=O) groups is 2. The summed E-state index contributed by atoms with van der Waals surface area (Å²) >= 11 is 0. The van der Waals surface area contributed by atoms with Gasteiger partial charge < -0.3 is 15.0 Å². The fourth-order valence-electron chi connectivity index (χ4n) is 2.34. The van der Waals surface area contributed by atoms with E-state index in [0.717, 1.165) is 22.9 Å². The average Bonchev–Trinajstić information content (AvgIpc) is 2.78. The Kier molecular flexibility index (Phi) is 2.63. The zero-order chi connectivity index (χ0) is 13.4. The molecule has 0 unspecified atom stereocenters. The van der Waals surface area contributed by atoms with Crippen molar-refractivity contribution in [1.82, 2.24) is 10.3 Å². The zero-order valence-corrected chi connectivity index (χ0v) is 10.4. The summed E-state index contributed by atoms with van der Waals surface area (Å²) in [6.45, 7) is 0.632. The maximum atomic E-state index is 11.7. The number of H-pyrrole nitrogens is 1. The maximum absolute atomic E-state index is 11.7. The van der Waals surface area contributed by atoms with Gasteiger partial charge in [0.15, 0.2) is 0 Å². The smallest absolute Gasteiger partial charge is 0.411 e. The summed E-state index contributed by atoms with van der Waals surface area (Å²) in [5.41, 5.74) is 3.13. The number of anilines is 1. The van der Waals surface area contributed by atoms with E-state index in [2.05, 4.69) is 20.4 Å². The maximum Gasteiger partial charge on any atom is 0.411 e. The SMILES string of the molecule is COC(=O)Nc1ccc2[nH]c3c(c2c1)CCNC3=O. The van der Waals surface area contributed by atoms with E-state index in [-0.39, 0.29) is 5.91 Å². The summed E-state index contributed by atoms with van der Waals surface area (Å²) in [6, 6.07) is 5.45. The van der Waals surface area contributed by atoms with Gasteiger partial charge in [-0.1, -0.05) is 0 Å². The molecule has 98 valence electrons. The van der Waals surface area contributed by atoms with Crippen LogP contribution in [0.15, 0.2) is 18.2 Å². The topological polar surface area (TPSA) is 83.2 Å². The monoisotopic (exact) mass is 259 g/mol. The molecule has 0 saturated carbocycles. The van der Waals surface area contributed by atoms with Crippen molar-refractivity contribution in [2.24, 2.45) is 0 Å². The summed E-state index contributed by atoms with van der Waals surface area (Å²) in [5, 5.41) is 6.37. The largest absolute Gasteiger partial charge is 0.453 e. The van der Waals surface area contributed by atoms with Crippen LogP contribution in [-0.2, 0) is 11.2 Å². The molecule has 0 radical (unpaired) electrons. The van der Waals surface area contributed by atoms with Gasteiger partial charge in [0.2, 0.25) is 0 Å². The normalized spacial score (nSPS) is 13.8. The van der Waals surface area contributed by atoms with Crippen LogP contribution in [0.1, 0.15) is 16.1 Å². The summed E-state index contributed by atoms with van der Waals surface area (Å²) < 4.78 is 4.56. The van der Waals surface area contributed by atoms with Crippen molar-refractivity contribution in [1.29, 1.82) is 0 Å². The molecule has 0 atom stereocenters. The van der Waals surface area contributed by atoms with E-state index in [1.165, 1.54) is 7.11 Å². The lowest BCUT2D eigenvalue weighted by Gasteiger charge is -2.12. The minimum atomic E-state index is -0.513. The highest BCUT2D eigenvalue weighted by atomic mass is 16.5. The molecule has 1 aliphatic heterocycles. The number of methoxy groups -OCH3 is 1. The Morgan fingerprint density at radius 3 is 3.05 bits per heavy atom. The number of amides is 2. The number of carbonyl (C=O) groups excluding carboxylic acids is 2. The Labute approximate surface area is 109 Å². The van der Waals surface area contributed by atoms with Crippen LogP contribution in [0, 0.1) is 0 Å². The van der Waals surface area contributed by atoms with Crippen LogP contribution in [0.4, 0.5) is 10.5 Å². The van der Waals surface area contributed by atoms with Crippen LogP contribution in [0.2, 0.25) is 0 Å². The molecule has 2 aromatic rings. The lowest BCUT2D eigenvalue weighted by Crippen LogP contribution is -2.31. The zero-order valence-electron chi connectivity index (χ0n) is 10.4. The van der Waals surface area contributed by atoms with E-state index in [9.17, 15) is 9.59 Å². The molecule has 0 fully saturated rings. The molecule has 6 nitrogen and oxygen atoms in total. The predicted molar refractivity (Wildman–Crippen MR) is 70.4 cm³/mol. The van der Waals surface area contributed by atoms with Gasteiger partial charge in [-0.3, -0.25) is 10.1 Å². The lowest BCUT2D eigenvalue weighted by molar-refractivity contribution is 0.0942. The number of hydrogen-bond donors (Lipinski definition) is 3. The van der Waals surface area contributed by atoms with Crippen molar-refractivity contribution in [3.05, 3.63) is 29.5 Å². The Morgan fingerprint density at radius 2 is 2.26 bits per heavy atom. The third kappa shape index (κ3) is 1.91. The first kappa shape index (κ1) is 11.6. The second-order valence-electron chi connectivity index (χ2n) is 4.36. The van der Waals surface area contributed by atoms with Crippen LogP contribution < -0.4 is 10.6 Å². The Hall–Kier alpha value is -2.50. The van der Waals surface area contributed by atoms with Crippen molar-refractivity contribution in [3.8, 4) is 0 Å². The molecule has 0 aliphatic carbocycles. The fraction of sp³-hybridized carbons (Fsp3) is 0.231. The minimum absolute atomic E-state index is 0.0834. The molecule has 1 aliphatic rings. The summed E-state index contributed by atoms with van der Waals surface area (Å²) in [4.78, 5) is 26.0. The number of fused-ring (bicyclic) bond motifs is 3. The van der Waals surface area contributed by atoms with E-state index in [1.54, 1.807) is 6.07 Å². The average molecular weight is 259 g/mol.